The van der Waals surface area contributed by atoms with Crippen LogP contribution in [0, 0.1) is 0 Å². The van der Waals surface area contributed by atoms with Crippen LogP contribution in [0.4, 0.5) is 0 Å². The van der Waals surface area contributed by atoms with Gasteiger partial charge in [-0.2, -0.15) is 0 Å². The smallest absolute Gasteiger partial charge is 0.260 e. The number of aliphatic hydroxyl groups excluding tert-OH is 1. The van der Waals surface area contributed by atoms with Crippen molar-refractivity contribution >= 4 is 27.3 Å². The maximum absolute atomic E-state index is 12.4. The summed E-state index contributed by atoms with van der Waals surface area (Å²) in [7, 11) is -3.82. The normalized spacial score (nSPS) is 17.8. The largest absolute Gasteiger partial charge is 0.394 e. The summed E-state index contributed by atoms with van der Waals surface area (Å²) >= 11 is 5.93. The zero-order chi connectivity index (χ0) is 13.7. The molecule has 0 unspecified atom stereocenters. The lowest BCUT2D eigenvalue weighted by molar-refractivity contribution is 0.246. The number of nitrogens with zero attached hydrogens (tertiary/aromatic N) is 2. The molecular formula is C11H12ClN3O3S. The molecule has 8 heteroatoms. The first-order valence-electron chi connectivity index (χ1n) is 5.75. The lowest BCUT2D eigenvalue weighted by Gasteiger charge is -2.14. The lowest BCUT2D eigenvalue weighted by atomic mass is 10.3. The lowest BCUT2D eigenvalue weighted by Crippen LogP contribution is -2.40. The van der Waals surface area contributed by atoms with Gasteiger partial charge in [0.25, 0.3) is 10.0 Å². The Morgan fingerprint density at radius 1 is 1.47 bits per heavy atom. The third kappa shape index (κ3) is 2.12. The van der Waals surface area contributed by atoms with E-state index >= 15 is 0 Å². The van der Waals surface area contributed by atoms with E-state index in [0.717, 1.165) is 0 Å². The fourth-order valence-electron chi connectivity index (χ4n) is 1.96. The average molecular weight is 302 g/mol. The van der Waals surface area contributed by atoms with Gasteiger partial charge in [0.15, 0.2) is 10.2 Å². The van der Waals surface area contributed by atoms with E-state index in [-0.39, 0.29) is 16.8 Å². The van der Waals surface area contributed by atoms with Gasteiger partial charge in [0.05, 0.1) is 12.1 Å². The Bertz CT molecular complexity index is 737. The molecule has 0 aromatic carbocycles. The van der Waals surface area contributed by atoms with Crippen LogP contribution < -0.4 is 4.72 Å². The van der Waals surface area contributed by atoms with Crippen molar-refractivity contribution < 1.29 is 13.5 Å². The minimum Gasteiger partial charge on any atom is -0.394 e. The number of nitrogens with one attached hydrogen (secondary N) is 1. The van der Waals surface area contributed by atoms with Gasteiger partial charge < -0.3 is 5.11 Å². The number of halogens is 1. The number of aliphatic hydroxyl groups is 1. The van der Waals surface area contributed by atoms with Gasteiger partial charge in [-0.3, -0.25) is 4.40 Å². The Balaban J connectivity index is 2.11. The van der Waals surface area contributed by atoms with Gasteiger partial charge in [-0.15, -0.1) is 0 Å². The number of rotatable bonds is 4. The average Bonchev–Trinajstić information content (AvgIpc) is 3.02. The molecule has 0 spiro atoms. The molecular weight excluding hydrogens is 290 g/mol. The molecule has 0 aliphatic heterocycles. The quantitative estimate of drug-likeness (QED) is 0.874. The van der Waals surface area contributed by atoms with Gasteiger partial charge >= 0.3 is 0 Å². The van der Waals surface area contributed by atoms with Gasteiger partial charge in [0.1, 0.15) is 5.65 Å². The van der Waals surface area contributed by atoms with Crippen molar-refractivity contribution in [3.05, 3.63) is 29.5 Å². The Labute approximate surface area is 115 Å². The van der Waals surface area contributed by atoms with Crippen molar-refractivity contribution in [3.63, 3.8) is 0 Å². The highest BCUT2D eigenvalue weighted by Crippen LogP contribution is 2.37. The summed E-state index contributed by atoms with van der Waals surface area (Å²) < 4.78 is 28.7. The summed E-state index contributed by atoms with van der Waals surface area (Å²) in [5, 5.41) is 9.05. The van der Waals surface area contributed by atoms with Crippen molar-refractivity contribution in [2.75, 3.05) is 6.61 Å². The van der Waals surface area contributed by atoms with Gasteiger partial charge in [0.2, 0.25) is 0 Å². The van der Waals surface area contributed by atoms with Crippen LogP contribution in [0.5, 0.6) is 0 Å². The van der Waals surface area contributed by atoms with Crippen molar-refractivity contribution in [1.82, 2.24) is 14.1 Å². The fourth-order valence-corrected chi connectivity index (χ4v) is 4.06. The maximum Gasteiger partial charge on any atom is 0.260 e. The molecule has 1 fully saturated rings. The summed E-state index contributed by atoms with van der Waals surface area (Å²) in [5.74, 6) is 0. The highest BCUT2D eigenvalue weighted by Gasteiger charge is 2.46. The molecule has 1 aliphatic rings. The third-order valence-electron chi connectivity index (χ3n) is 3.21. The van der Waals surface area contributed by atoms with E-state index in [1.54, 1.807) is 24.4 Å². The Kier molecular flexibility index (Phi) is 2.82. The summed E-state index contributed by atoms with van der Waals surface area (Å²) in [6, 6.07) is 5.12. The second-order valence-electron chi connectivity index (χ2n) is 4.68. The third-order valence-corrected chi connectivity index (χ3v) is 5.18. The zero-order valence-corrected chi connectivity index (χ0v) is 11.4. The molecule has 2 aromatic heterocycles. The van der Waals surface area contributed by atoms with Gasteiger partial charge in [-0.25, -0.2) is 18.1 Å². The summed E-state index contributed by atoms with van der Waals surface area (Å²) in [6.45, 7) is -0.222. The van der Waals surface area contributed by atoms with Crippen molar-refractivity contribution in [2.24, 2.45) is 0 Å². The molecule has 0 bridgehead atoms. The molecule has 1 aliphatic carbocycles. The van der Waals surface area contributed by atoms with Crippen LogP contribution in [0.2, 0.25) is 5.15 Å². The topological polar surface area (TPSA) is 83.7 Å². The molecule has 19 heavy (non-hydrogen) atoms. The number of fused-ring (bicyclic) bond motifs is 1. The Morgan fingerprint density at radius 3 is 2.84 bits per heavy atom. The van der Waals surface area contributed by atoms with Gasteiger partial charge in [0, 0.05) is 6.20 Å². The van der Waals surface area contributed by atoms with E-state index in [4.69, 9.17) is 11.6 Å². The van der Waals surface area contributed by atoms with E-state index < -0.39 is 15.6 Å². The van der Waals surface area contributed by atoms with Crippen LogP contribution in [0.25, 0.3) is 5.65 Å². The maximum atomic E-state index is 12.4. The van der Waals surface area contributed by atoms with Crippen molar-refractivity contribution in [2.45, 2.75) is 23.4 Å². The zero-order valence-electron chi connectivity index (χ0n) is 9.88. The van der Waals surface area contributed by atoms with Crippen LogP contribution in [0.1, 0.15) is 12.8 Å². The van der Waals surface area contributed by atoms with Crippen LogP contribution in [-0.4, -0.2) is 35.1 Å². The molecule has 2 aromatic rings. The van der Waals surface area contributed by atoms with Gasteiger partial charge in [-0.05, 0) is 25.0 Å². The highest BCUT2D eigenvalue weighted by atomic mass is 35.5. The molecule has 2 heterocycles. The molecule has 1 saturated carbocycles. The van der Waals surface area contributed by atoms with E-state index in [2.05, 4.69) is 9.71 Å². The molecule has 6 nitrogen and oxygen atoms in total. The molecule has 2 N–H and O–H groups in total. The van der Waals surface area contributed by atoms with E-state index in [1.807, 2.05) is 0 Å². The summed E-state index contributed by atoms with van der Waals surface area (Å²) in [5.41, 5.74) is -0.275. The minimum atomic E-state index is -3.82. The highest BCUT2D eigenvalue weighted by molar-refractivity contribution is 7.89. The minimum absolute atomic E-state index is 0.0764. The molecule has 0 radical (unpaired) electrons. The number of hydrogen-bond donors (Lipinski definition) is 2. The molecule has 3 rings (SSSR count). The van der Waals surface area contributed by atoms with E-state index in [0.29, 0.717) is 18.5 Å². The van der Waals surface area contributed by atoms with Crippen LogP contribution >= 0.6 is 11.6 Å². The molecule has 102 valence electrons. The first-order chi connectivity index (χ1) is 8.97. The first kappa shape index (κ1) is 12.9. The van der Waals surface area contributed by atoms with Crippen LogP contribution in [0.3, 0.4) is 0 Å². The Hall–Kier alpha value is -1.15. The molecule has 0 saturated heterocycles. The van der Waals surface area contributed by atoms with Gasteiger partial charge in [-0.1, -0.05) is 17.7 Å². The monoisotopic (exact) mass is 301 g/mol. The molecule has 0 amide bonds. The standard InChI is InChI=1S/C11H12ClN3O3S/c12-9-10(15-6-2-1-3-8(15)13-9)19(17,18)14-11(7-16)4-5-11/h1-3,6,14,16H,4-5,7H2. The second-order valence-corrected chi connectivity index (χ2v) is 6.64. The Morgan fingerprint density at radius 2 is 2.21 bits per heavy atom. The molecule has 0 atom stereocenters. The summed E-state index contributed by atoms with van der Waals surface area (Å²) in [6.07, 6.45) is 2.83. The fraction of sp³-hybridized carbons (Fsp3) is 0.364. The van der Waals surface area contributed by atoms with Crippen molar-refractivity contribution in [1.29, 1.82) is 0 Å². The number of aromatic nitrogens is 2. The number of imidazole rings is 1. The number of pyridine rings is 1. The number of hydrogen-bond acceptors (Lipinski definition) is 4. The van der Waals surface area contributed by atoms with E-state index in [1.165, 1.54) is 4.40 Å². The SMILES string of the molecule is O=S(=O)(NC1(CO)CC1)c1c(Cl)nc2ccccn12. The number of sulfonamides is 1. The second kappa shape index (κ2) is 4.17. The van der Waals surface area contributed by atoms with Crippen LogP contribution in [-0.2, 0) is 10.0 Å². The van der Waals surface area contributed by atoms with Crippen molar-refractivity contribution in [3.8, 4) is 0 Å². The van der Waals surface area contributed by atoms with E-state index in [9.17, 15) is 13.5 Å². The predicted molar refractivity (Wildman–Crippen MR) is 69.6 cm³/mol. The summed E-state index contributed by atoms with van der Waals surface area (Å²) in [4.78, 5) is 4.00. The first-order valence-corrected chi connectivity index (χ1v) is 7.61. The predicted octanol–water partition coefficient (Wildman–Crippen LogP) is 0.791. The van der Waals surface area contributed by atoms with Crippen LogP contribution in [0.15, 0.2) is 29.4 Å².